The minimum atomic E-state index is -1.01. The molecule has 4 nitrogen and oxygen atoms in total. The summed E-state index contributed by atoms with van der Waals surface area (Å²) >= 11 is 3.52. The molecule has 2 aromatic rings. The summed E-state index contributed by atoms with van der Waals surface area (Å²) in [5.74, 6) is -1.01. The number of aromatic nitrogens is 1. The zero-order valence-corrected chi connectivity index (χ0v) is 12.6. The van der Waals surface area contributed by atoms with Crippen LogP contribution < -0.4 is 5.32 Å². The van der Waals surface area contributed by atoms with Crippen molar-refractivity contribution in [2.75, 3.05) is 0 Å². The molecule has 104 valence electrons. The highest BCUT2D eigenvalue weighted by Crippen LogP contribution is 2.22. The summed E-state index contributed by atoms with van der Waals surface area (Å²) in [5, 5.41) is 12.2. The fourth-order valence-electron chi connectivity index (χ4n) is 1.89. The largest absolute Gasteiger partial charge is 0.477 e. The van der Waals surface area contributed by atoms with Gasteiger partial charge in [-0.1, -0.05) is 40.2 Å². The molecule has 0 amide bonds. The van der Waals surface area contributed by atoms with Gasteiger partial charge in [-0.05, 0) is 30.7 Å². The Morgan fingerprint density at radius 1 is 1.30 bits per heavy atom. The zero-order valence-electron chi connectivity index (χ0n) is 11.0. The molecule has 0 saturated heterocycles. The fourth-order valence-corrected chi connectivity index (χ4v) is 2.52. The number of hydrogen-bond donors (Lipinski definition) is 2. The number of hydrogen-bond acceptors (Lipinski definition) is 3. The Morgan fingerprint density at radius 2 is 2.05 bits per heavy atom. The first-order valence-corrected chi connectivity index (χ1v) is 7.04. The standard InChI is InChI=1S/C15H15BrN2O2/c1-10(12-6-2-3-7-13(12)16)17-9-11-5-4-8-14(18-11)15(19)20/h2-8,10,17H,9H2,1H3,(H,19,20)/t10-/m1/s1. The van der Waals surface area contributed by atoms with Gasteiger partial charge >= 0.3 is 5.97 Å². The van der Waals surface area contributed by atoms with Gasteiger partial charge in [0.05, 0.1) is 5.69 Å². The topological polar surface area (TPSA) is 62.2 Å². The molecule has 0 fully saturated rings. The SMILES string of the molecule is C[C@@H](NCc1cccc(C(=O)O)n1)c1ccccc1Br. The second-order valence-corrected chi connectivity index (χ2v) is 5.30. The van der Waals surface area contributed by atoms with Crippen LogP contribution in [0.2, 0.25) is 0 Å². The van der Waals surface area contributed by atoms with Gasteiger partial charge in [0.25, 0.3) is 0 Å². The first-order chi connectivity index (χ1) is 9.58. The minimum Gasteiger partial charge on any atom is -0.477 e. The van der Waals surface area contributed by atoms with Crippen LogP contribution in [0.25, 0.3) is 0 Å². The Balaban J connectivity index is 2.04. The average molecular weight is 335 g/mol. The molecule has 0 aliphatic heterocycles. The van der Waals surface area contributed by atoms with Gasteiger partial charge in [0.15, 0.2) is 0 Å². The number of carboxylic acids is 1. The number of benzene rings is 1. The molecule has 0 saturated carbocycles. The molecule has 5 heteroatoms. The van der Waals surface area contributed by atoms with Crippen molar-refractivity contribution in [1.82, 2.24) is 10.3 Å². The molecule has 0 aliphatic carbocycles. The Bertz CT molecular complexity index is 616. The second kappa shape index (κ2) is 6.63. The smallest absolute Gasteiger partial charge is 0.354 e. The molecular formula is C15H15BrN2O2. The van der Waals surface area contributed by atoms with Gasteiger partial charge in [0, 0.05) is 17.1 Å². The third kappa shape index (κ3) is 3.65. The van der Waals surface area contributed by atoms with Crippen molar-refractivity contribution in [2.45, 2.75) is 19.5 Å². The lowest BCUT2D eigenvalue weighted by Crippen LogP contribution is -2.19. The van der Waals surface area contributed by atoms with Crippen LogP contribution in [-0.2, 0) is 6.54 Å². The van der Waals surface area contributed by atoms with Crippen LogP contribution in [0.3, 0.4) is 0 Å². The minimum absolute atomic E-state index is 0.0674. The van der Waals surface area contributed by atoms with Crippen LogP contribution in [-0.4, -0.2) is 16.1 Å². The molecule has 0 spiro atoms. The first-order valence-electron chi connectivity index (χ1n) is 6.25. The van der Waals surface area contributed by atoms with E-state index in [9.17, 15) is 4.79 Å². The summed E-state index contributed by atoms with van der Waals surface area (Å²) in [7, 11) is 0. The average Bonchev–Trinajstić information content (AvgIpc) is 2.45. The summed E-state index contributed by atoms with van der Waals surface area (Å²) in [6, 6.07) is 13.1. The highest BCUT2D eigenvalue weighted by molar-refractivity contribution is 9.10. The molecule has 0 unspecified atom stereocenters. The number of pyridine rings is 1. The first kappa shape index (κ1) is 14.7. The summed E-state index contributed by atoms with van der Waals surface area (Å²) in [6.45, 7) is 2.57. The van der Waals surface area contributed by atoms with E-state index in [-0.39, 0.29) is 11.7 Å². The molecule has 0 radical (unpaired) electrons. The van der Waals surface area contributed by atoms with Crippen molar-refractivity contribution in [3.63, 3.8) is 0 Å². The van der Waals surface area contributed by atoms with Crippen LogP contribution in [0.5, 0.6) is 0 Å². The van der Waals surface area contributed by atoms with E-state index >= 15 is 0 Å². The highest BCUT2D eigenvalue weighted by atomic mass is 79.9. The van der Waals surface area contributed by atoms with E-state index in [4.69, 9.17) is 5.11 Å². The molecule has 1 aromatic heterocycles. The summed E-state index contributed by atoms with van der Waals surface area (Å²) in [5.41, 5.74) is 1.93. The normalized spacial score (nSPS) is 12.1. The van der Waals surface area contributed by atoms with Crippen molar-refractivity contribution in [3.8, 4) is 0 Å². The van der Waals surface area contributed by atoms with Crippen molar-refractivity contribution < 1.29 is 9.90 Å². The molecular weight excluding hydrogens is 320 g/mol. The number of carbonyl (C=O) groups is 1. The van der Waals surface area contributed by atoms with Crippen LogP contribution in [0.1, 0.15) is 34.7 Å². The van der Waals surface area contributed by atoms with Crippen molar-refractivity contribution in [3.05, 3.63) is 63.9 Å². The van der Waals surface area contributed by atoms with Crippen molar-refractivity contribution >= 4 is 21.9 Å². The maximum Gasteiger partial charge on any atom is 0.354 e. The molecule has 1 atom stereocenters. The number of nitrogens with one attached hydrogen (secondary N) is 1. The lowest BCUT2D eigenvalue weighted by atomic mass is 10.1. The lowest BCUT2D eigenvalue weighted by Gasteiger charge is -2.15. The van der Waals surface area contributed by atoms with Crippen LogP contribution in [0, 0.1) is 0 Å². The van der Waals surface area contributed by atoms with E-state index in [0.29, 0.717) is 12.2 Å². The Morgan fingerprint density at radius 3 is 2.75 bits per heavy atom. The molecule has 1 heterocycles. The molecule has 2 N–H and O–H groups in total. The predicted octanol–water partition coefficient (Wildman–Crippen LogP) is 3.39. The summed E-state index contributed by atoms with van der Waals surface area (Å²) in [4.78, 5) is 15.0. The lowest BCUT2D eigenvalue weighted by molar-refractivity contribution is 0.0690. The van der Waals surface area contributed by atoms with E-state index in [0.717, 1.165) is 10.0 Å². The van der Waals surface area contributed by atoms with Gasteiger partial charge in [-0.2, -0.15) is 0 Å². The van der Waals surface area contributed by atoms with Crippen molar-refractivity contribution in [1.29, 1.82) is 0 Å². The van der Waals surface area contributed by atoms with E-state index in [1.54, 1.807) is 6.07 Å². The van der Waals surface area contributed by atoms with Crippen LogP contribution >= 0.6 is 15.9 Å². The highest BCUT2D eigenvalue weighted by Gasteiger charge is 2.09. The van der Waals surface area contributed by atoms with Gasteiger partial charge in [-0.15, -0.1) is 0 Å². The number of rotatable bonds is 5. The van der Waals surface area contributed by atoms with E-state index in [2.05, 4.69) is 33.2 Å². The Kier molecular flexibility index (Phi) is 4.87. The van der Waals surface area contributed by atoms with Gasteiger partial charge < -0.3 is 10.4 Å². The molecule has 1 aromatic carbocycles. The predicted molar refractivity (Wildman–Crippen MR) is 80.6 cm³/mol. The van der Waals surface area contributed by atoms with E-state index in [1.807, 2.05) is 30.3 Å². The quantitative estimate of drug-likeness (QED) is 0.879. The van der Waals surface area contributed by atoms with Crippen LogP contribution in [0.4, 0.5) is 0 Å². The molecule has 0 aliphatic rings. The maximum atomic E-state index is 10.9. The number of aromatic carboxylic acids is 1. The van der Waals surface area contributed by atoms with Gasteiger partial charge in [0.1, 0.15) is 5.69 Å². The van der Waals surface area contributed by atoms with Gasteiger partial charge in [-0.3, -0.25) is 0 Å². The third-order valence-corrected chi connectivity index (χ3v) is 3.71. The Labute approximate surface area is 126 Å². The van der Waals surface area contributed by atoms with E-state index < -0.39 is 5.97 Å². The summed E-state index contributed by atoms with van der Waals surface area (Å²) in [6.07, 6.45) is 0. The number of halogens is 1. The monoisotopic (exact) mass is 334 g/mol. The zero-order chi connectivity index (χ0) is 14.5. The molecule has 2 rings (SSSR count). The van der Waals surface area contributed by atoms with E-state index in [1.165, 1.54) is 6.07 Å². The maximum absolute atomic E-state index is 10.9. The third-order valence-electron chi connectivity index (χ3n) is 2.99. The summed E-state index contributed by atoms with van der Waals surface area (Å²) < 4.78 is 1.05. The second-order valence-electron chi connectivity index (χ2n) is 4.44. The fraction of sp³-hybridized carbons (Fsp3) is 0.200. The van der Waals surface area contributed by atoms with Gasteiger partial charge in [-0.25, -0.2) is 9.78 Å². The molecule has 20 heavy (non-hydrogen) atoms. The van der Waals surface area contributed by atoms with Crippen LogP contribution in [0.15, 0.2) is 46.9 Å². The Hall–Kier alpha value is -1.72. The van der Waals surface area contributed by atoms with Gasteiger partial charge in [0.2, 0.25) is 0 Å². The number of carboxylic acid groups (broad SMARTS) is 1. The van der Waals surface area contributed by atoms with Crippen molar-refractivity contribution in [2.24, 2.45) is 0 Å². The number of nitrogens with zero attached hydrogens (tertiary/aromatic N) is 1. The molecule has 0 bridgehead atoms.